The summed E-state index contributed by atoms with van der Waals surface area (Å²) in [5, 5.41) is 14.0. The lowest BCUT2D eigenvalue weighted by atomic mass is 9.94. The van der Waals surface area contributed by atoms with Gasteiger partial charge in [-0.15, -0.1) is 0 Å². The molecule has 0 spiro atoms. The molecule has 178 valence electrons. The fourth-order valence-electron chi connectivity index (χ4n) is 4.57. The number of anilines is 1. The van der Waals surface area contributed by atoms with Crippen molar-refractivity contribution in [1.29, 1.82) is 0 Å². The van der Waals surface area contributed by atoms with Crippen LogP contribution in [0.15, 0.2) is 53.9 Å². The Morgan fingerprint density at radius 2 is 1.85 bits per heavy atom. The summed E-state index contributed by atoms with van der Waals surface area (Å²) in [7, 11) is -1.86. The van der Waals surface area contributed by atoms with Crippen molar-refractivity contribution in [2.45, 2.75) is 49.6 Å². The Bertz CT molecular complexity index is 1470. The van der Waals surface area contributed by atoms with Crippen LogP contribution in [0.5, 0.6) is 0 Å². The molecule has 5 rings (SSSR count). The van der Waals surface area contributed by atoms with Crippen molar-refractivity contribution in [2.24, 2.45) is 7.05 Å². The lowest BCUT2D eigenvalue weighted by molar-refractivity contribution is 0.120. The van der Waals surface area contributed by atoms with Crippen LogP contribution >= 0.6 is 0 Å². The number of aliphatic hydroxyl groups excluding tert-OH is 1. The molecule has 3 heterocycles. The van der Waals surface area contributed by atoms with Crippen LogP contribution in [0, 0.1) is 6.92 Å². The van der Waals surface area contributed by atoms with Crippen molar-refractivity contribution in [1.82, 2.24) is 23.9 Å². The number of hydrogen-bond donors (Lipinski definition) is 3. The molecule has 1 aromatic carbocycles. The van der Waals surface area contributed by atoms with E-state index in [2.05, 4.69) is 14.8 Å². The van der Waals surface area contributed by atoms with Crippen LogP contribution in [0.4, 0.5) is 5.69 Å². The summed E-state index contributed by atoms with van der Waals surface area (Å²) in [6.07, 6.45) is 9.46. The molecule has 4 N–H and O–H groups in total. The van der Waals surface area contributed by atoms with Gasteiger partial charge in [0.15, 0.2) is 5.65 Å². The lowest BCUT2D eigenvalue weighted by Gasteiger charge is -2.26. The van der Waals surface area contributed by atoms with Crippen molar-refractivity contribution in [3.63, 3.8) is 0 Å². The Kier molecular flexibility index (Phi) is 5.67. The first-order valence-electron chi connectivity index (χ1n) is 11.3. The minimum absolute atomic E-state index is 0.171. The molecule has 0 radical (unpaired) electrons. The molecular formula is C24H28N6O3S. The van der Waals surface area contributed by atoms with E-state index in [1.807, 2.05) is 42.9 Å². The molecule has 1 fully saturated rings. The van der Waals surface area contributed by atoms with E-state index < -0.39 is 10.0 Å². The molecule has 0 atom stereocenters. The Hall–Kier alpha value is -3.21. The van der Waals surface area contributed by atoms with Gasteiger partial charge in [-0.2, -0.15) is 5.10 Å². The van der Waals surface area contributed by atoms with Gasteiger partial charge in [0.05, 0.1) is 34.8 Å². The molecule has 1 saturated carbocycles. The Balaban J connectivity index is 1.54. The quantitative estimate of drug-likeness (QED) is 0.403. The molecule has 0 aliphatic heterocycles. The van der Waals surface area contributed by atoms with Crippen LogP contribution in [0.2, 0.25) is 0 Å². The second kappa shape index (κ2) is 8.53. The smallest absolute Gasteiger partial charge is 0.240 e. The predicted octanol–water partition coefficient (Wildman–Crippen LogP) is 2.87. The minimum atomic E-state index is -3.71. The van der Waals surface area contributed by atoms with Gasteiger partial charge in [0, 0.05) is 42.2 Å². The topological polar surface area (TPSA) is 128 Å². The van der Waals surface area contributed by atoms with Gasteiger partial charge in [0.1, 0.15) is 0 Å². The van der Waals surface area contributed by atoms with E-state index in [4.69, 9.17) is 5.73 Å². The standard InChI is InChI=1S/C24H28N6O3S/c1-15-3-8-20(34(32,33)28-18-4-6-19(31)7-5-18)10-21(15)23-12-26-24-22(25)9-16(14-30(23)24)17-11-27-29(2)13-17/h3,8-14,18-19,28,31H,4-7,25H2,1-2H3. The van der Waals surface area contributed by atoms with Gasteiger partial charge in [0.25, 0.3) is 0 Å². The normalized spacial score (nSPS) is 19.0. The van der Waals surface area contributed by atoms with E-state index in [1.165, 1.54) is 0 Å². The average molecular weight is 481 g/mol. The van der Waals surface area contributed by atoms with Gasteiger partial charge in [-0.1, -0.05) is 6.07 Å². The van der Waals surface area contributed by atoms with Crippen LogP contribution in [0.3, 0.4) is 0 Å². The largest absolute Gasteiger partial charge is 0.396 e. The number of sulfonamides is 1. The maximum Gasteiger partial charge on any atom is 0.240 e. The fraction of sp³-hybridized carbons (Fsp3) is 0.333. The van der Waals surface area contributed by atoms with Crippen LogP contribution in [0.25, 0.3) is 28.0 Å². The Morgan fingerprint density at radius 1 is 1.09 bits per heavy atom. The first kappa shape index (κ1) is 22.6. The molecule has 3 aromatic heterocycles. The van der Waals surface area contributed by atoms with Gasteiger partial charge in [-0.25, -0.2) is 18.1 Å². The number of nitrogens with zero attached hydrogens (tertiary/aromatic N) is 4. The lowest BCUT2D eigenvalue weighted by Crippen LogP contribution is -2.38. The first-order chi connectivity index (χ1) is 16.2. The number of aryl methyl sites for hydroxylation is 2. The number of imidazole rings is 1. The van der Waals surface area contributed by atoms with Crippen molar-refractivity contribution in [3.8, 4) is 22.4 Å². The molecule has 10 heteroatoms. The van der Waals surface area contributed by atoms with Gasteiger partial charge in [0.2, 0.25) is 10.0 Å². The summed E-state index contributed by atoms with van der Waals surface area (Å²) in [6, 6.07) is 6.81. The van der Waals surface area contributed by atoms with Crippen molar-refractivity contribution >= 4 is 21.4 Å². The number of nitrogens with two attached hydrogens (primary N) is 1. The number of aromatic nitrogens is 4. The number of nitrogen functional groups attached to an aromatic ring is 1. The maximum atomic E-state index is 13.1. The molecule has 0 unspecified atom stereocenters. The molecule has 4 aromatic rings. The third-order valence-electron chi connectivity index (χ3n) is 6.49. The molecular weight excluding hydrogens is 452 g/mol. The highest BCUT2D eigenvalue weighted by atomic mass is 32.2. The summed E-state index contributed by atoms with van der Waals surface area (Å²) >= 11 is 0. The van der Waals surface area contributed by atoms with E-state index >= 15 is 0 Å². The number of pyridine rings is 1. The zero-order valence-corrected chi connectivity index (χ0v) is 20.0. The number of benzene rings is 1. The molecule has 9 nitrogen and oxygen atoms in total. The summed E-state index contributed by atoms with van der Waals surface area (Å²) < 4.78 is 32.7. The highest BCUT2D eigenvalue weighted by molar-refractivity contribution is 7.89. The van der Waals surface area contributed by atoms with Crippen LogP contribution in [0.1, 0.15) is 31.2 Å². The van der Waals surface area contributed by atoms with Crippen molar-refractivity contribution in [2.75, 3.05) is 5.73 Å². The third-order valence-corrected chi connectivity index (χ3v) is 8.00. The summed E-state index contributed by atoms with van der Waals surface area (Å²) in [6.45, 7) is 1.94. The van der Waals surface area contributed by atoms with E-state index in [0.717, 1.165) is 27.9 Å². The van der Waals surface area contributed by atoms with Gasteiger partial charge < -0.3 is 10.8 Å². The number of nitrogens with one attached hydrogen (secondary N) is 1. The van der Waals surface area contributed by atoms with Gasteiger partial charge >= 0.3 is 0 Å². The number of fused-ring (bicyclic) bond motifs is 1. The van der Waals surface area contributed by atoms with Crippen molar-refractivity contribution in [3.05, 3.63) is 54.6 Å². The second-order valence-corrected chi connectivity index (χ2v) is 10.7. The van der Waals surface area contributed by atoms with Gasteiger partial charge in [-0.05, 0) is 56.4 Å². The zero-order valence-electron chi connectivity index (χ0n) is 19.1. The Labute approximate surface area is 198 Å². The van der Waals surface area contributed by atoms with E-state index in [-0.39, 0.29) is 17.0 Å². The first-order valence-corrected chi connectivity index (χ1v) is 12.8. The fourth-order valence-corrected chi connectivity index (χ4v) is 5.90. The zero-order chi connectivity index (χ0) is 24.0. The van der Waals surface area contributed by atoms with E-state index in [0.29, 0.717) is 37.0 Å². The van der Waals surface area contributed by atoms with Crippen LogP contribution in [-0.2, 0) is 17.1 Å². The summed E-state index contributed by atoms with van der Waals surface area (Å²) in [4.78, 5) is 4.70. The highest BCUT2D eigenvalue weighted by Gasteiger charge is 2.25. The summed E-state index contributed by atoms with van der Waals surface area (Å²) in [5.74, 6) is 0. The van der Waals surface area contributed by atoms with Crippen molar-refractivity contribution < 1.29 is 13.5 Å². The number of hydrogen-bond acceptors (Lipinski definition) is 6. The van der Waals surface area contributed by atoms with E-state index in [1.54, 1.807) is 29.2 Å². The van der Waals surface area contributed by atoms with Gasteiger partial charge in [-0.3, -0.25) is 9.08 Å². The minimum Gasteiger partial charge on any atom is -0.396 e. The average Bonchev–Trinajstić information content (AvgIpc) is 3.42. The highest BCUT2D eigenvalue weighted by Crippen LogP contribution is 2.31. The number of rotatable bonds is 5. The molecule has 1 aliphatic carbocycles. The molecule has 34 heavy (non-hydrogen) atoms. The Morgan fingerprint density at radius 3 is 2.56 bits per heavy atom. The monoisotopic (exact) mass is 480 g/mol. The second-order valence-electron chi connectivity index (χ2n) is 9.03. The van der Waals surface area contributed by atoms with E-state index in [9.17, 15) is 13.5 Å². The molecule has 0 saturated heterocycles. The SMILES string of the molecule is Cc1ccc(S(=O)(=O)NC2CCC(O)CC2)cc1-c1cnc2c(N)cc(-c3cnn(C)c3)cn12. The summed E-state index contributed by atoms with van der Waals surface area (Å²) in [5.41, 5.74) is 11.7. The van der Waals surface area contributed by atoms with Crippen LogP contribution in [-0.4, -0.2) is 44.8 Å². The van der Waals surface area contributed by atoms with Crippen LogP contribution < -0.4 is 10.5 Å². The molecule has 1 aliphatic rings. The molecule has 0 amide bonds. The number of aliphatic hydroxyl groups is 1. The third kappa shape index (κ3) is 4.20. The maximum absolute atomic E-state index is 13.1. The molecule has 0 bridgehead atoms. The predicted molar refractivity (Wildman–Crippen MR) is 131 cm³/mol.